The van der Waals surface area contributed by atoms with Gasteiger partial charge in [0.05, 0.1) is 13.2 Å². The summed E-state index contributed by atoms with van der Waals surface area (Å²) in [6.45, 7) is 6.35. The maximum Gasteiger partial charge on any atom is 0.410 e. The van der Waals surface area contributed by atoms with Gasteiger partial charge in [0.15, 0.2) is 11.6 Å². The Morgan fingerprint density at radius 1 is 1.24 bits per heavy atom. The molecule has 1 amide bonds. The summed E-state index contributed by atoms with van der Waals surface area (Å²) in [5.74, 6) is -0.955. The van der Waals surface area contributed by atoms with Crippen molar-refractivity contribution < 1.29 is 23.0 Å². The largest absolute Gasteiger partial charge is 0.494 e. The van der Waals surface area contributed by atoms with Crippen molar-refractivity contribution in [3.63, 3.8) is 0 Å². The minimum Gasteiger partial charge on any atom is -0.494 e. The van der Waals surface area contributed by atoms with Crippen LogP contribution in [-0.4, -0.2) is 46.6 Å². The first-order valence-corrected chi connectivity index (χ1v) is 10.2. The lowest BCUT2D eigenvalue weighted by Crippen LogP contribution is -2.42. The van der Waals surface area contributed by atoms with E-state index in [0.29, 0.717) is 37.2 Å². The molecular weight excluding hydrogens is 448 g/mol. The number of amides is 1. The molecule has 158 valence electrons. The zero-order chi connectivity index (χ0) is 21.3. The summed E-state index contributed by atoms with van der Waals surface area (Å²) < 4.78 is 40.7. The van der Waals surface area contributed by atoms with Crippen LogP contribution in [0.5, 0.6) is 5.75 Å². The molecule has 0 radical (unpaired) electrons. The second kappa shape index (κ2) is 8.30. The van der Waals surface area contributed by atoms with Crippen molar-refractivity contribution in [2.24, 2.45) is 0 Å². The molecule has 1 fully saturated rings. The minimum atomic E-state index is -0.560. The van der Waals surface area contributed by atoms with E-state index in [4.69, 9.17) is 9.47 Å². The number of piperidine rings is 1. The number of ether oxygens (including phenoxy) is 2. The fourth-order valence-electron chi connectivity index (χ4n) is 3.25. The predicted octanol–water partition coefficient (Wildman–Crippen LogP) is 5.17. The highest BCUT2D eigenvalue weighted by molar-refractivity contribution is 9.10. The van der Waals surface area contributed by atoms with Crippen LogP contribution in [0.2, 0.25) is 0 Å². The van der Waals surface area contributed by atoms with Crippen LogP contribution >= 0.6 is 15.9 Å². The van der Waals surface area contributed by atoms with Gasteiger partial charge in [0.1, 0.15) is 15.8 Å². The van der Waals surface area contributed by atoms with Crippen LogP contribution in [0.4, 0.5) is 13.6 Å². The normalized spacial score (nSPS) is 15.5. The molecular formula is C20H24BrF2N3O3. The first kappa shape index (κ1) is 21.5. The number of likely N-dealkylation sites (tertiary alicyclic amines) is 1. The van der Waals surface area contributed by atoms with Crippen LogP contribution in [0.1, 0.15) is 39.7 Å². The fourth-order valence-corrected chi connectivity index (χ4v) is 3.74. The lowest BCUT2D eigenvalue weighted by Gasteiger charge is -2.33. The number of nitrogens with zero attached hydrogens (tertiary/aromatic N) is 3. The number of methoxy groups -OCH3 is 1. The number of halogens is 3. The Balaban J connectivity index is 1.76. The summed E-state index contributed by atoms with van der Waals surface area (Å²) in [7, 11) is 1.38. The van der Waals surface area contributed by atoms with Crippen molar-refractivity contribution >= 4 is 22.0 Å². The molecule has 2 heterocycles. The summed E-state index contributed by atoms with van der Waals surface area (Å²) in [6.07, 6.45) is 0.717. The third-order valence-electron chi connectivity index (χ3n) is 4.69. The summed E-state index contributed by atoms with van der Waals surface area (Å²) in [5.41, 5.74) is 0.202. The van der Waals surface area contributed by atoms with E-state index in [0.717, 1.165) is 0 Å². The Bertz CT molecular complexity index is 903. The van der Waals surface area contributed by atoms with Crippen LogP contribution in [0.25, 0.3) is 11.3 Å². The minimum absolute atomic E-state index is 0.110. The molecule has 0 atom stereocenters. The Kier molecular flexibility index (Phi) is 6.16. The maximum atomic E-state index is 14.8. The van der Waals surface area contributed by atoms with Gasteiger partial charge in [-0.05, 0) is 67.7 Å². The molecule has 1 aliphatic heterocycles. The molecule has 0 bridgehead atoms. The lowest BCUT2D eigenvalue weighted by molar-refractivity contribution is 0.0181. The zero-order valence-corrected chi connectivity index (χ0v) is 18.4. The van der Waals surface area contributed by atoms with Crippen molar-refractivity contribution in [3.8, 4) is 17.0 Å². The number of hydrogen-bond acceptors (Lipinski definition) is 4. The van der Waals surface area contributed by atoms with Gasteiger partial charge in [-0.3, -0.25) is 0 Å². The number of carbonyl (C=O) groups is 1. The Morgan fingerprint density at radius 2 is 1.90 bits per heavy atom. The van der Waals surface area contributed by atoms with Crippen molar-refractivity contribution in [3.05, 3.63) is 34.4 Å². The van der Waals surface area contributed by atoms with Gasteiger partial charge in [-0.2, -0.15) is 9.49 Å². The van der Waals surface area contributed by atoms with Gasteiger partial charge in [-0.1, -0.05) is 0 Å². The quantitative estimate of drug-likeness (QED) is 0.619. The van der Waals surface area contributed by atoms with Crippen molar-refractivity contribution in [1.29, 1.82) is 0 Å². The molecule has 1 aliphatic rings. The second-order valence-corrected chi connectivity index (χ2v) is 8.74. The standard InChI is InChI=1S/C20H24BrF2N3O3/c1-20(2,3)29-19(27)25-9-7-13(8-10-25)26-18(23)16(21)17(24-26)12-5-6-15(28-4)14(22)11-12/h5-6,11,13H,7-10H2,1-4H3. The van der Waals surface area contributed by atoms with Gasteiger partial charge in [0, 0.05) is 18.7 Å². The molecule has 0 spiro atoms. The van der Waals surface area contributed by atoms with Gasteiger partial charge in [0.2, 0.25) is 5.95 Å². The molecule has 29 heavy (non-hydrogen) atoms. The third-order valence-corrected chi connectivity index (χ3v) is 5.39. The van der Waals surface area contributed by atoms with Gasteiger partial charge in [0.25, 0.3) is 0 Å². The van der Waals surface area contributed by atoms with E-state index in [1.54, 1.807) is 11.0 Å². The predicted molar refractivity (Wildman–Crippen MR) is 108 cm³/mol. The van der Waals surface area contributed by atoms with Gasteiger partial charge in [-0.25, -0.2) is 13.9 Å². The Hall–Kier alpha value is -2.16. The zero-order valence-electron chi connectivity index (χ0n) is 16.8. The number of carbonyl (C=O) groups excluding carboxylic acids is 1. The molecule has 0 N–H and O–H groups in total. The van der Waals surface area contributed by atoms with E-state index in [9.17, 15) is 13.6 Å². The summed E-state index contributed by atoms with van der Waals surface area (Å²) in [5, 5.41) is 4.38. The van der Waals surface area contributed by atoms with E-state index in [-0.39, 0.29) is 22.4 Å². The highest BCUT2D eigenvalue weighted by Gasteiger charge is 2.30. The van der Waals surface area contributed by atoms with E-state index >= 15 is 0 Å². The van der Waals surface area contributed by atoms with Gasteiger partial charge in [-0.15, -0.1) is 0 Å². The Morgan fingerprint density at radius 3 is 2.45 bits per heavy atom. The van der Waals surface area contributed by atoms with Gasteiger partial charge < -0.3 is 14.4 Å². The summed E-state index contributed by atoms with van der Waals surface area (Å²) in [6, 6.07) is 4.17. The molecule has 1 saturated heterocycles. The molecule has 1 aromatic heterocycles. The Labute approximate surface area is 176 Å². The average molecular weight is 472 g/mol. The van der Waals surface area contributed by atoms with Crippen LogP contribution < -0.4 is 4.74 Å². The molecule has 1 aromatic carbocycles. The van der Waals surface area contributed by atoms with Crippen molar-refractivity contribution in [2.45, 2.75) is 45.3 Å². The number of benzene rings is 1. The molecule has 0 unspecified atom stereocenters. The van der Waals surface area contributed by atoms with Crippen LogP contribution in [0, 0.1) is 11.8 Å². The van der Waals surface area contributed by atoms with Crippen LogP contribution in [0.3, 0.4) is 0 Å². The second-order valence-electron chi connectivity index (χ2n) is 7.95. The average Bonchev–Trinajstić information content (AvgIpc) is 2.95. The van der Waals surface area contributed by atoms with E-state index in [1.165, 1.54) is 23.9 Å². The molecule has 0 saturated carbocycles. The van der Waals surface area contributed by atoms with Crippen LogP contribution in [0.15, 0.2) is 22.7 Å². The number of rotatable bonds is 3. The number of aromatic nitrogens is 2. The monoisotopic (exact) mass is 471 g/mol. The molecule has 0 aliphatic carbocycles. The van der Waals surface area contributed by atoms with Crippen molar-refractivity contribution in [1.82, 2.24) is 14.7 Å². The highest BCUT2D eigenvalue weighted by atomic mass is 79.9. The van der Waals surface area contributed by atoms with Crippen LogP contribution in [-0.2, 0) is 4.74 Å². The van der Waals surface area contributed by atoms with Crippen molar-refractivity contribution in [2.75, 3.05) is 20.2 Å². The molecule has 9 heteroatoms. The maximum absolute atomic E-state index is 14.8. The van der Waals surface area contributed by atoms with E-state index in [2.05, 4.69) is 21.0 Å². The smallest absolute Gasteiger partial charge is 0.410 e. The summed E-state index contributed by atoms with van der Waals surface area (Å²) >= 11 is 3.24. The van der Waals surface area contributed by atoms with Gasteiger partial charge >= 0.3 is 6.09 Å². The molecule has 2 aromatic rings. The SMILES string of the molecule is COc1ccc(-c2nn(C3CCN(C(=O)OC(C)(C)C)CC3)c(F)c2Br)cc1F. The first-order chi connectivity index (χ1) is 13.6. The lowest BCUT2D eigenvalue weighted by atomic mass is 10.1. The molecule has 3 rings (SSSR count). The first-order valence-electron chi connectivity index (χ1n) is 9.36. The van der Waals surface area contributed by atoms with E-state index < -0.39 is 17.4 Å². The highest BCUT2D eigenvalue weighted by Crippen LogP contribution is 2.35. The third kappa shape index (κ3) is 4.71. The van der Waals surface area contributed by atoms with E-state index in [1.807, 2.05) is 20.8 Å². The fraction of sp³-hybridized carbons (Fsp3) is 0.500. The molecule has 6 nitrogen and oxygen atoms in total. The summed E-state index contributed by atoms with van der Waals surface area (Å²) in [4.78, 5) is 13.8. The number of hydrogen-bond donors (Lipinski definition) is 0. The topological polar surface area (TPSA) is 56.6 Å².